The molecule has 1 aliphatic rings. The number of unbranched alkanes of at least 4 members (excludes halogenated alkanes) is 1. The zero-order chi connectivity index (χ0) is 27.9. The van der Waals surface area contributed by atoms with Crippen LogP contribution in [0.15, 0.2) is 36.4 Å². The second kappa shape index (κ2) is 12.3. The van der Waals surface area contributed by atoms with Gasteiger partial charge in [0.25, 0.3) is 0 Å². The number of nitrogens with one attached hydrogen (secondary N) is 1. The second-order valence-electron chi connectivity index (χ2n) is 8.46. The van der Waals surface area contributed by atoms with E-state index in [0.717, 1.165) is 0 Å². The Bertz CT molecular complexity index is 1180. The summed E-state index contributed by atoms with van der Waals surface area (Å²) in [5, 5.41) is 20.5. The molecule has 1 atom stereocenters. The van der Waals surface area contributed by atoms with Gasteiger partial charge in [0.2, 0.25) is 0 Å². The first-order chi connectivity index (χ1) is 17.3. The highest BCUT2D eigenvalue weighted by atomic mass is 19.4. The number of carbonyl (C=O) groups is 4. The molecule has 0 spiro atoms. The fourth-order valence-electron chi connectivity index (χ4n) is 3.34. The minimum atomic E-state index is -5.08. The number of ketones is 2. The Morgan fingerprint density at radius 1 is 1.00 bits per heavy atom. The molecule has 0 heterocycles. The molecule has 0 radical (unpaired) electrons. The maximum absolute atomic E-state index is 13.0. The number of aromatic hydroxyl groups is 1. The Morgan fingerprint density at radius 2 is 1.54 bits per heavy atom. The van der Waals surface area contributed by atoms with Gasteiger partial charge < -0.3 is 26.0 Å². The van der Waals surface area contributed by atoms with Crippen LogP contribution >= 0.6 is 0 Å². The molecule has 0 bridgehead atoms. The summed E-state index contributed by atoms with van der Waals surface area (Å²) in [6.45, 7) is 4.49. The summed E-state index contributed by atoms with van der Waals surface area (Å²) in [4.78, 5) is 46.4. The van der Waals surface area contributed by atoms with Crippen LogP contribution in [-0.4, -0.2) is 59.1 Å². The summed E-state index contributed by atoms with van der Waals surface area (Å²) >= 11 is 0. The van der Waals surface area contributed by atoms with Crippen LogP contribution in [0.3, 0.4) is 0 Å². The molecule has 0 fully saturated rings. The average Bonchev–Trinajstić information content (AvgIpc) is 2.84. The Morgan fingerprint density at radius 3 is 2.05 bits per heavy atom. The second-order valence-corrected chi connectivity index (χ2v) is 8.46. The molecule has 0 saturated heterocycles. The normalized spacial score (nSPS) is 13.2. The summed E-state index contributed by atoms with van der Waals surface area (Å²) in [5.41, 5.74) is 7.08. The van der Waals surface area contributed by atoms with E-state index in [2.05, 4.69) is 5.32 Å². The highest BCUT2D eigenvalue weighted by molar-refractivity contribution is 6.31. The summed E-state index contributed by atoms with van der Waals surface area (Å²) in [6, 6.07) is 8.97. The van der Waals surface area contributed by atoms with Gasteiger partial charge in [-0.25, -0.2) is 4.79 Å². The third-order valence-corrected chi connectivity index (χ3v) is 5.42. The first-order valence-electron chi connectivity index (χ1n) is 11.3. The smallest absolute Gasteiger partial charge is 0.490 e. The van der Waals surface area contributed by atoms with Crippen molar-refractivity contribution >= 4 is 29.2 Å². The lowest BCUT2D eigenvalue weighted by Gasteiger charge is -2.21. The molecule has 12 heteroatoms. The van der Waals surface area contributed by atoms with Gasteiger partial charge in [0, 0.05) is 23.4 Å². The first-order valence-corrected chi connectivity index (χ1v) is 11.3. The first kappa shape index (κ1) is 29.3. The molecule has 200 valence electrons. The molecule has 3 rings (SSSR count). The number of benzene rings is 2. The molecular weight excluding hydrogens is 497 g/mol. The van der Waals surface area contributed by atoms with E-state index < -0.39 is 24.2 Å². The third kappa shape index (κ3) is 7.29. The number of esters is 1. The molecule has 0 unspecified atom stereocenters. The van der Waals surface area contributed by atoms with Crippen molar-refractivity contribution in [3.8, 4) is 5.75 Å². The third-order valence-electron chi connectivity index (χ3n) is 5.42. The number of fused-ring (bicyclic) bond motifs is 2. The molecule has 5 N–H and O–H groups in total. The topological polar surface area (TPSA) is 156 Å². The Balaban J connectivity index is 0.000000604. The van der Waals surface area contributed by atoms with Gasteiger partial charge in [-0.3, -0.25) is 14.4 Å². The predicted molar refractivity (Wildman–Crippen MR) is 127 cm³/mol. The molecule has 2 aromatic carbocycles. The Hall–Kier alpha value is -3.93. The summed E-state index contributed by atoms with van der Waals surface area (Å²) < 4.78 is 36.9. The molecule has 0 saturated carbocycles. The zero-order valence-corrected chi connectivity index (χ0v) is 20.1. The maximum Gasteiger partial charge on any atom is 0.490 e. The van der Waals surface area contributed by atoms with Crippen LogP contribution in [0, 0.1) is 5.92 Å². The number of carboxylic acid groups (broad SMARTS) is 1. The number of carbonyl (C=O) groups excluding carboxylic acids is 3. The zero-order valence-electron chi connectivity index (χ0n) is 20.1. The Kier molecular flexibility index (Phi) is 9.78. The number of hydrogen-bond donors (Lipinski definition) is 4. The molecule has 1 aliphatic carbocycles. The number of nitrogens with two attached hydrogens (primary N) is 1. The number of rotatable bonds is 8. The largest absolute Gasteiger partial charge is 0.507 e. The fraction of sp³-hybridized carbons (Fsp3) is 0.360. The van der Waals surface area contributed by atoms with Gasteiger partial charge in [0.05, 0.1) is 17.7 Å². The van der Waals surface area contributed by atoms with Crippen LogP contribution in [0.25, 0.3) is 0 Å². The standard InChI is InChI=1S/C23H26N2O5.C2HF3O2/c1-13(2)20(24)23(29)30-12-6-5-11-25-16-9-10-17(26)19-18(16)21(27)14-7-3-4-8-15(14)22(19)28;3-2(4,5)1(6)7/h3-4,7-10,13,20,25-26H,5-6,11-12,24H2,1-2H3;(H,6,7)/t20-;/m0./s1. The lowest BCUT2D eigenvalue weighted by Crippen LogP contribution is -2.37. The molecular formula is C25H27F3N2O7. The van der Waals surface area contributed by atoms with Gasteiger partial charge in [-0.1, -0.05) is 38.1 Å². The van der Waals surface area contributed by atoms with Gasteiger partial charge >= 0.3 is 18.1 Å². The van der Waals surface area contributed by atoms with Crippen molar-refractivity contribution in [2.24, 2.45) is 11.7 Å². The van der Waals surface area contributed by atoms with Crippen molar-refractivity contribution in [2.75, 3.05) is 18.5 Å². The van der Waals surface area contributed by atoms with Gasteiger partial charge in [0.1, 0.15) is 11.8 Å². The number of phenolic OH excluding ortho intramolecular Hbond substituents is 1. The van der Waals surface area contributed by atoms with E-state index in [1.54, 1.807) is 30.3 Å². The van der Waals surface area contributed by atoms with Crippen molar-refractivity contribution in [3.63, 3.8) is 0 Å². The summed E-state index contributed by atoms with van der Waals surface area (Å²) in [5.74, 6) is -4.02. The van der Waals surface area contributed by atoms with E-state index in [0.29, 0.717) is 36.2 Å². The lowest BCUT2D eigenvalue weighted by atomic mass is 9.82. The SMILES string of the molecule is CC(C)[C@H](N)C(=O)OCCCCNc1ccc(O)c2c1C(=O)c1ccccc1C2=O.O=C(O)C(F)(F)F. The van der Waals surface area contributed by atoms with Crippen molar-refractivity contribution in [1.82, 2.24) is 0 Å². The summed E-state index contributed by atoms with van der Waals surface area (Å²) in [6.07, 6.45) is -3.78. The van der Waals surface area contributed by atoms with E-state index in [-0.39, 0.29) is 41.0 Å². The number of hydrogen-bond acceptors (Lipinski definition) is 8. The van der Waals surface area contributed by atoms with Crippen LogP contribution in [0.4, 0.5) is 18.9 Å². The van der Waals surface area contributed by atoms with Crippen molar-refractivity contribution in [1.29, 1.82) is 0 Å². The van der Waals surface area contributed by atoms with E-state index in [1.165, 1.54) is 6.07 Å². The molecule has 9 nitrogen and oxygen atoms in total. The van der Waals surface area contributed by atoms with Gasteiger partial charge in [0.15, 0.2) is 11.6 Å². The van der Waals surface area contributed by atoms with E-state index >= 15 is 0 Å². The molecule has 37 heavy (non-hydrogen) atoms. The number of halogens is 3. The van der Waals surface area contributed by atoms with E-state index in [9.17, 15) is 32.7 Å². The highest BCUT2D eigenvalue weighted by Gasteiger charge is 2.38. The molecule has 0 amide bonds. The molecule has 0 aliphatic heterocycles. The monoisotopic (exact) mass is 524 g/mol. The van der Waals surface area contributed by atoms with Crippen LogP contribution < -0.4 is 11.1 Å². The van der Waals surface area contributed by atoms with Crippen LogP contribution in [-0.2, 0) is 14.3 Å². The Labute approximate surface area is 210 Å². The van der Waals surface area contributed by atoms with Crippen LogP contribution in [0.5, 0.6) is 5.75 Å². The van der Waals surface area contributed by atoms with Crippen LogP contribution in [0.1, 0.15) is 58.5 Å². The van der Waals surface area contributed by atoms with Gasteiger partial charge in [-0.05, 0) is 30.9 Å². The van der Waals surface area contributed by atoms with E-state index in [1.807, 2.05) is 13.8 Å². The number of carboxylic acids is 1. The molecule has 0 aromatic heterocycles. The van der Waals surface area contributed by atoms with Crippen molar-refractivity contribution < 1.29 is 47.3 Å². The fourth-order valence-corrected chi connectivity index (χ4v) is 3.34. The van der Waals surface area contributed by atoms with Crippen molar-refractivity contribution in [2.45, 2.75) is 38.9 Å². The van der Waals surface area contributed by atoms with Gasteiger partial charge in [-0.15, -0.1) is 0 Å². The van der Waals surface area contributed by atoms with Gasteiger partial charge in [-0.2, -0.15) is 13.2 Å². The number of aliphatic carboxylic acids is 1. The van der Waals surface area contributed by atoms with Crippen molar-refractivity contribution in [3.05, 3.63) is 58.7 Å². The number of ether oxygens (including phenoxy) is 1. The average molecular weight is 524 g/mol. The molecule has 2 aromatic rings. The number of anilines is 1. The lowest BCUT2D eigenvalue weighted by molar-refractivity contribution is -0.192. The number of phenols is 1. The summed E-state index contributed by atoms with van der Waals surface area (Å²) in [7, 11) is 0. The van der Waals surface area contributed by atoms with Crippen LogP contribution in [0.2, 0.25) is 0 Å². The predicted octanol–water partition coefficient (Wildman–Crippen LogP) is 3.52. The quantitative estimate of drug-likeness (QED) is 0.197. The van der Waals surface area contributed by atoms with E-state index in [4.69, 9.17) is 20.4 Å². The minimum absolute atomic E-state index is 0.0187. The number of alkyl halides is 3. The highest BCUT2D eigenvalue weighted by Crippen LogP contribution is 2.36. The minimum Gasteiger partial charge on any atom is -0.507 e. The maximum atomic E-state index is 13.0.